The van der Waals surface area contributed by atoms with Gasteiger partial charge in [0.25, 0.3) is 0 Å². The maximum absolute atomic E-state index is 4.41. The summed E-state index contributed by atoms with van der Waals surface area (Å²) in [6.07, 6.45) is 0. The second-order valence-electron chi connectivity index (χ2n) is 14.8. The molecule has 0 unspecified atom stereocenters. The molecule has 0 fully saturated rings. The molecule has 0 N–H and O–H groups in total. The van der Waals surface area contributed by atoms with Gasteiger partial charge >= 0.3 is 0 Å². The Morgan fingerprint density at radius 1 is 0.317 bits per heavy atom. The lowest BCUT2D eigenvalue weighted by atomic mass is 10.0. The third kappa shape index (κ3) is 6.24. The van der Waals surface area contributed by atoms with Crippen LogP contribution in [-0.2, 0) is 0 Å². The topological polar surface area (TPSA) is 42.1 Å². The SMILES string of the molecule is c1ccc(N(c2ccccc2)c2ccc3c(c2)c2cc(N(c4ccccc4)c4ccccc4)ccc2n3-c2ccc(-c3ccc(-n4nnc5ccccc54)cc3)cc2)cc1. The fourth-order valence-corrected chi connectivity index (χ4v) is 8.42. The number of benzene rings is 9. The molecule has 284 valence electrons. The molecule has 6 nitrogen and oxygen atoms in total. The van der Waals surface area contributed by atoms with E-state index in [9.17, 15) is 0 Å². The smallest absolute Gasteiger partial charge is 0.113 e. The van der Waals surface area contributed by atoms with Gasteiger partial charge in [0.2, 0.25) is 0 Å². The van der Waals surface area contributed by atoms with Crippen LogP contribution >= 0.6 is 0 Å². The van der Waals surface area contributed by atoms with E-state index in [1.165, 1.54) is 10.8 Å². The second kappa shape index (κ2) is 14.9. The largest absolute Gasteiger partial charge is 0.310 e. The van der Waals surface area contributed by atoms with Gasteiger partial charge in [-0.3, -0.25) is 0 Å². The van der Waals surface area contributed by atoms with Gasteiger partial charge in [-0.1, -0.05) is 114 Å². The molecule has 0 bridgehead atoms. The van der Waals surface area contributed by atoms with Crippen molar-refractivity contribution in [3.63, 3.8) is 0 Å². The second-order valence-corrected chi connectivity index (χ2v) is 14.8. The van der Waals surface area contributed by atoms with E-state index in [2.05, 4.69) is 231 Å². The molecule has 6 heteroatoms. The summed E-state index contributed by atoms with van der Waals surface area (Å²) in [6, 6.07) is 81.6. The molecule has 11 aromatic rings. The van der Waals surface area contributed by atoms with E-state index in [1.807, 2.05) is 28.9 Å². The third-order valence-corrected chi connectivity index (χ3v) is 11.2. The Morgan fingerprint density at radius 2 is 0.717 bits per heavy atom. The van der Waals surface area contributed by atoms with Gasteiger partial charge < -0.3 is 14.4 Å². The molecule has 2 aromatic heterocycles. The van der Waals surface area contributed by atoms with E-state index in [4.69, 9.17) is 0 Å². The Kier molecular flexibility index (Phi) is 8.71. The summed E-state index contributed by atoms with van der Waals surface area (Å²) in [7, 11) is 0. The number of hydrogen-bond donors (Lipinski definition) is 0. The summed E-state index contributed by atoms with van der Waals surface area (Å²) in [5, 5.41) is 11.1. The average Bonchev–Trinajstić information content (AvgIpc) is 3.90. The molecule has 9 aromatic carbocycles. The summed E-state index contributed by atoms with van der Waals surface area (Å²) in [6.45, 7) is 0. The number of para-hydroxylation sites is 5. The molecule has 0 aliphatic heterocycles. The molecule has 0 spiro atoms. The first-order valence-electron chi connectivity index (χ1n) is 20.2. The Morgan fingerprint density at radius 3 is 1.17 bits per heavy atom. The summed E-state index contributed by atoms with van der Waals surface area (Å²) in [5.74, 6) is 0. The van der Waals surface area contributed by atoms with Crippen molar-refractivity contribution in [1.29, 1.82) is 0 Å². The van der Waals surface area contributed by atoms with E-state index in [-0.39, 0.29) is 0 Å². The van der Waals surface area contributed by atoms with Crippen molar-refractivity contribution < 1.29 is 0 Å². The number of rotatable bonds is 9. The van der Waals surface area contributed by atoms with Gasteiger partial charge in [-0.2, -0.15) is 0 Å². The van der Waals surface area contributed by atoms with Gasteiger partial charge in [-0.25, -0.2) is 4.68 Å². The van der Waals surface area contributed by atoms with Crippen molar-refractivity contribution in [3.8, 4) is 22.5 Å². The Hall–Kier alpha value is -8.22. The number of nitrogens with zero attached hydrogens (tertiary/aromatic N) is 6. The minimum absolute atomic E-state index is 0.879. The van der Waals surface area contributed by atoms with Crippen molar-refractivity contribution in [2.75, 3.05) is 9.80 Å². The molecule has 2 heterocycles. The highest BCUT2D eigenvalue weighted by atomic mass is 15.4. The van der Waals surface area contributed by atoms with Crippen LogP contribution in [0.5, 0.6) is 0 Å². The Balaban J connectivity index is 1.05. The molecule has 0 aliphatic carbocycles. The predicted octanol–water partition coefficient (Wildman–Crippen LogP) is 14.1. The molecule has 0 amide bonds. The zero-order valence-corrected chi connectivity index (χ0v) is 32.6. The maximum atomic E-state index is 4.41. The number of hydrogen-bond acceptors (Lipinski definition) is 4. The van der Waals surface area contributed by atoms with Crippen molar-refractivity contribution in [1.82, 2.24) is 19.6 Å². The lowest BCUT2D eigenvalue weighted by molar-refractivity contribution is 0.824. The van der Waals surface area contributed by atoms with Crippen LogP contribution in [0, 0.1) is 0 Å². The fraction of sp³-hybridized carbons (Fsp3) is 0. The minimum atomic E-state index is 0.879. The van der Waals surface area contributed by atoms with Crippen LogP contribution in [-0.4, -0.2) is 19.6 Å². The van der Waals surface area contributed by atoms with Crippen LogP contribution < -0.4 is 9.80 Å². The molecule has 0 saturated heterocycles. The van der Waals surface area contributed by atoms with Gasteiger partial charge in [0.15, 0.2) is 0 Å². The normalized spacial score (nSPS) is 11.3. The predicted molar refractivity (Wildman–Crippen MR) is 248 cm³/mol. The molecular formula is C54H38N6. The molecule has 0 atom stereocenters. The molecule has 60 heavy (non-hydrogen) atoms. The highest BCUT2D eigenvalue weighted by Gasteiger charge is 2.20. The quantitative estimate of drug-likeness (QED) is 0.147. The number of aromatic nitrogens is 4. The maximum Gasteiger partial charge on any atom is 0.113 e. The molecule has 0 aliphatic rings. The van der Waals surface area contributed by atoms with Gasteiger partial charge in [-0.05, 0) is 132 Å². The zero-order valence-electron chi connectivity index (χ0n) is 32.6. The first-order chi connectivity index (χ1) is 29.8. The highest BCUT2D eigenvalue weighted by molar-refractivity contribution is 6.12. The lowest BCUT2D eigenvalue weighted by Crippen LogP contribution is -2.09. The van der Waals surface area contributed by atoms with E-state index >= 15 is 0 Å². The average molecular weight is 771 g/mol. The summed E-state index contributed by atoms with van der Waals surface area (Å²) < 4.78 is 4.28. The summed E-state index contributed by atoms with van der Waals surface area (Å²) >= 11 is 0. The lowest BCUT2D eigenvalue weighted by Gasteiger charge is -2.26. The van der Waals surface area contributed by atoms with Gasteiger partial charge in [0.1, 0.15) is 5.52 Å². The summed E-state index contributed by atoms with van der Waals surface area (Å²) in [5.41, 5.74) is 15.1. The first-order valence-corrected chi connectivity index (χ1v) is 20.2. The van der Waals surface area contributed by atoms with E-state index < -0.39 is 0 Å². The van der Waals surface area contributed by atoms with Crippen LogP contribution in [0.2, 0.25) is 0 Å². The number of fused-ring (bicyclic) bond motifs is 4. The van der Waals surface area contributed by atoms with E-state index in [1.54, 1.807) is 0 Å². The molecular weight excluding hydrogens is 733 g/mol. The van der Waals surface area contributed by atoms with Crippen molar-refractivity contribution in [2.24, 2.45) is 0 Å². The van der Waals surface area contributed by atoms with Crippen LogP contribution in [0.4, 0.5) is 34.1 Å². The summed E-state index contributed by atoms with van der Waals surface area (Å²) in [4.78, 5) is 4.66. The number of anilines is 6. The minimum Gasteiger partial charge on any atom is -0.310 e. The third-order valence-electron chi connectivity index (χ3n) is 11.2. The van der Waals surface area contributed by atoms with E-state index in [0.717, 1.165) is 78.7 Å². The van der Waals surface area contributed by atoms with Gasteiger partial charge in [0, 0.05) is 50.6 Å². The van der Waals surface area contributed by atoms with Crippen LogP contribution in [0.25, 0.3) is 55.3 Å². The Labute approximate surface area is 348 Å². The molecule has 0 saturated carbocycles. The first kappa shape index (κ1) is 35.0. The van der Waals surface area contributed by atoms with Crippen LogP contribution in [0.15, 0.2) is 231 Å². The van der Waals surface area contributed by atoms with Crippen molar-refractivity contribution >= 4 is 67.0 Å². The monoisotopic (exact) mass is 770 g/mol. The zero-order chi connectivity index (χ0) is 39.8. The highest BCUT2D eigenvalue weighted by Crippen LogP contribution is 2.43. The van der Waals surface area contributed by atoms with Gasteiger partial charge in [-0.15, -0.1) is 5.10 Å². The van der Waals surface area contributed by atoms with Gasteiger partial charge in [0.05, 0.1) is 22.2 Å². The van der Waals surface area contributed by atoms with Crippen LogP contribution in [0.3, 0.4) is 0 Å². The van der Waals surface area contributed by atoms with E-state index in [0.29, 0.717) is 0 Å². The Bertz CT molecular complexity index is 3010. The van der Waals surface area contributed by atoms with Crippen LogP contribution in [0.1, 0.15) is 0 Å². The molecule has 11 rings (SSSR count). The van der Waals surface area contributed by atoms with Crippen molar-refractivity contribution in [2.45, 2.75) is 0 Å². The van der Waals surface area contributed by atoms with Crippen molar-refractivity contribution in [3.05, 3.63) is 231 Å². The fourth-order valence-electron chi connectivity index (χ4n) is 8.42. The standard InChI is InChI=1S/C54H38N6/c1-5-15-41(16-6-1)57(42-17-7-2-8-18-42)47-33-35-52-49(37-47)50-38-48(58(43-19-9-3-10-20-43)44-21-11-4-12-22-44)34-36-53(50)59(52)45-29-25-39(26-30-45)40-27-31-46(32-28-40)60-54-24-14-13-23-51(54)55-56-60/h1-38H. The molecule has 0 radical (unpaired) electrons.